The summed E-state index contributed by atoms with van der Waals surface area (Å²) < 4.78 is 25.5. The fourth-order valence-electron chi connectivity index (χ4n) is 2.63. The van der Waals surface area contributed by atoms with Gasteiger partial charge in [0.25, 0.3) is 0 Å². The van der Waals surface area contributed by atoms with Gasteiger partial charge in [-0.3, -0.25) is 4.79 Å². The molecule has 1 aliphatic rings. The van der Waals surface area contributed by atoms with Gasteiger partial charge in [0.05, 0.1) is 9.79 Å². The lowest BCUT2D eigenvalue weighted by Gasteiger charge is -2.19. The third kappa shape index (κ3) is 2.05. The van der Waals surface area contributed by atoms with Crippen LogP contribution in [0.15, 0.2) is 46.2 Å². The molecular formula is C16H15NO3S. The lowest BCUT2D eigenvalue weighted by Crippen LogP contribution is -2.20. The number of nitrogens with two attached hydrogens (primary N) is 1. The quantitative estimate of drug-likeness (QED) is 0.738. The average Bonchev–Trinajstić information content (AvgIpc) is 2.45. The number of rotatable bonds is 2. The molecule has 0 saturated heterocycles. The first-order chi connectivity index (χ1) is 9.95. The molecule has 21 heavy (non-hydrogen) atoms. The van der Waals surface area contributed by atoms with Crippen LogP contribution < -0.4 is 5.73 Å². The molecule has 0 spiro atoms. The molecule has 0 aromatic heterocycles. The number of nitrogen functional groups attached to an aromatic ring is 1. The lowest BCUT2D eigenvalue weighted by atomic mass is 10.00. The van der Waals surface area contributed by atoms with Gasteiger partial charge in [0, 0.05) is 16.8 Å². The minimum absolute atomic E-state index is 0.00801. The number of aryl methyl sites for hydroxylation is 1. The van der Waals surface area contributed by atoms with Crippen LogP contribution in [0.3, 0.4) is 0 Å². The van der Waals surface area contributed by atoms with E-state index in [-0.39, 0.29) is 26.7 Å². The maximum absolute atomic E-state index is 12.7. The number of benzene rings is 2. The van der Waals surface area contributed by atoms with Crippen LogP contribution in [0.4, 0.5) is 5.69 Å². The van der Waals surface area contributed by atoms with E-state index in [0.29, 0.717) is 5.69 Å². The second-order valence-electron chi connectivity index (χ2n) is 5.17. The molecule has 0 bridgehead atoms. The summed E-state index contributed by atoms with van der Waals surface area (Å²) in [6, 6.07) is 9.42. The first kappa shape index (κ1) is 13.8. The Labute approximate surface area is 123 Å². The Morgan fingerprint density at radius 1 is 1.00 bits per heavy atom. The smallest absolute Gasteiger partial charge is 0.208 e. The molecule has 0 amide bonds. The van der Waals surface area contributed by atoms with Gasteiger partial charge in [-0.25, -0.2) is 8.42 Å². The van der Waals surface area contributed by atoms with Crippen molar-refractivity contribution in [1.82, 2.24) is 0 Å². The van der Waals surface area contributed by atoms with E-state index in [1.807, 2.05) is 13.0 Å². The SMILES string of the molecule is CCCc1ccc2c(c1)S(=O)(=O)c1cc(N)ccc1C2=O. The zero-order valence-corrected chi connectivity index (χ0v) is 12.4. The van der Waals surface area contributed by atoms with E-state index in [1.54, 1.807) is 18.2 Å². The maximum atomic E-state index is 12.7. The normalized spacial score (nSPS) is 15.4. The van der Waals surface area contributed by atoms with E-state index in [9.17, 15) is 13.2 Å². The van der Waals surface area contributed by atoms with E-state index in [0.717, 1.165) is 18.4 Å². The molecule has 108 valence electrons. The Morgan fingerprint density at radius 2 is 1.62 bits per heavy atom. The van der Waals surface area contributed by atoms with Gasteiger partial charge >= 0.3 is 0 Å². The number of carbonyl (C=O) groups is 1. The minimum Gasteiger partial charge on any atom is -0.399 e. The van der Waals surface area contributed by atoms with Crippen LogP contribution >= 0.6 is 0 Å². The first-order valence-corrected chi connectivity index (χ1v) is 8.25. The summed E-state index contributed by atoms with van der Waals surface area (Å²) in [5.41, 5.74) is 7.36. The van der Waals surface area contributed by atoms with E-state index in [4.69, 9.17) is 5.73 Å². The second kappa shape index (κ2) is 4.70. The van der Waals surface area contributed by atoms with Crippen LogP contribution in [0.25, 0.3) is 0 Å². The maximum Gasteiger partial charge on any atom is 0.208 e. The average molecular weight is 301 g/mol. The third-order valence-corrected chi connectivity index (χ3v) is 5.49. The van der Waals surface area contributed by atoms with Gasteiger partial charge in [0.1, 0.15) is 0 Å². The zero-order chi connectivity index (χ0) is 15.2. The Morgan fingerprint density at radius 3 is 2.29 bits per heavy atom. The molecule has 0 saturated carbocycles. The van der Waals surface area contributed by atoms with Gasteiger partial charge in [-0.05, 0) is 42.3 Å². The number of fused-ring (bicyclic) bond motifs is 2. The summed E-state index contributed by atoms with van der Waals surface area (Å²) in [5, 5.41) is 0. The van der Waals surface area contributed by atoms with Crippen LogP contribution in [0.1, 0.15) is 34.8 Å². The van der Waals surface area contributed by atoms with Crippen molar-refractivity contribution in [2.24, 2.45) is 0 Å². The third-order valence-electron chi connectivity index (χ3n) is 3.66. The summed E-state index contributed by atoms with van der Waals surface area (Å²) in [6.45, 7) is 2.02. The molecule has 0 atom stereocenters. The van der Waals surface area contributed by atoms with Crippen molar-refractivity contribution in [3.05, 3.63) is 53.1 Å². The fraction of sp³-hybridized carbons (Fsp3) is 0.188. The topological polar surface area (TPSA) is 77.2 Å². The highest BCUT2D eigenvalue weighted by Gasteiger charge is 2.34. The minimum atomic E-state index is -3.70. The standard InChI is InChI=1S/C16H15NO3S/c1-2-3-10-4-6-12-14(8-10)21(19,20)15-9-11(17)5-7-13(15)16(12)18/h4-9H,2-3,17H2,1H3. The van der Waals surface area contributed by atoms with Crippen LogP contribution in [-0.4, -0.2) is 14.2 Å². The molecule has 0 aliphatic carbocycles. The molecule has 5 heteroatoms. The Kier molecular flexibility index (Phi) is 3.10. The number of carbonyl (C=O) groups excluding carboxylic acids is 1. The Hall–Kier alpha value is -2.14. The highest BCUT2D eigenvalue weighted by Crippen LogP contribution is 2.35. The second-order valence-corrected chi connectivity index (χ2v) is 7.06. The van der Waals surface area contributed by atoms with Crippen molar-refractivity contribution in [3.8, 4) is 0 Å². The number of hydrogen-bond donors (Lipinski definition) is 1. The van der Waals surface area contributed by atoms with Crippen molar-refractivity contribution in [1.29, 1.82) is 0 Å². The molecule has 0 fully saturated rings. The van der Waals surface area contributed by atoms with Crippen molar-refractivity contribution < 1.29 is 13.2 Å². The number of ketones is 1. The first-order valence-electron chi connectivity index (χ1n) is 6.77. The summed E-state index contributed by atoms with van der Waals surface area (Å²) in [6.07, 6.45) is 1.69. The summed E-state index contributed by atoms with van der Waals surface area (Å²) >= 11 is 0. The van der Waals surface area contributed by atoms with Gasteiger partial charge in [-0.2, -0.15) is 0 Å². The number of sulfone groups is 1. The van der Waals surface area contributed by atoms with Crippen LogP contribution in [0.2, 0.25) is 0 Å². The fourth-order valence-corrected chi connectivity index (χ4v) is 4.37. The lowest BCUT2D eigenvalue weighted by molar-refractivity contribution is 0.103. The molecular weight excluding hydrogens is 286 g/mol. The molecule has 2 N–H and O–H groups in total. The van der Waals surface area contributed by atoms with Gasteiger partial charge in [-0.15, -0.1) is 0 Å². The van der Waals surface area contributed by atoms with Crippen molar-refractivity contribution >= 4 is 21.3 Å². The molecule has 4 nitrogen and oxygen atoms in total. The molecule has 1 heterocycles. The van der Waals surface area contributed by atoms with E-state index in [1.165, 1.54) is 12.1 Å². The molecule has 0 radical (unpaired) electrons. The predicted octanol–water partition coefficient (Wildman–Crippen LogP) is 2.60. The molecule has 2 aromatic carbocycles. The van der Waals surface area contributed by atoms with Gasteiger partial charge in [0.15, 0.2) is 5.78 Å². The van der Waals surface area contributed by atoms with Crippen LogP contribution in [-0.2, 0) is 16.3 Å². The van der Waals surface area contributed by atoms with E-state index >= 15 is 0 Å². The van der Waals surface area contributed by atoms with Crippen LogP contribution in [0.5, 0.6) is 0 Å². The van der Waals surface area contributed by atoms with Crippen LogP contribution in [0, 0.1) is 0 Å². The van der Waals surface area contributed by atoms with Gasteiger partial charge in [-0.1, -0.05) is 19.4 Å². The highest BCUT2D eigenvalue weighted by molar-refractivity contribution is 7.91. The molecule has 2 aromatic rings. The van der Waals surface area contributed by atoms with E-state index in [2.05, 4.69) is 0 Å². The predicted molar refractivity (Wildman–Crippen MR) is 80.2 cm³/mol. The van der Waals surface area contributed by atoms with Gasteiger partial charge < -0.3 is 5.73 Å². The monoisotopic (exact) mass is 301 g/mol. The largest absolute Gasteiger partial charge is 0.399 e. The highest BCUT2D eigenvalue weighted by atomic mass is 32.2. The summed E-state index contributed by atoms with van der Waals surface area (Å²) in [5.74, 6) is -0.266. The molecule has 1 aliphatic heterocycles. The van der Waals surface area contributed by atoms with Crippen molar-refractivity contribution in [2.75, 3.05) is 5.73 Å². The number of hydrogen-bond acceptors (Lipinski definition) is 4. The zero-order valence-electron chi connectivity index (χ0n) is 11.6. The molecule has 0 unspecified atom stereocenters. The van der Waals surface area contributed by atoms with E-state index < -0.39 is 9.84 Å². The van der Waals surface area contributed by atoms with Crippen molar-refractivity contribution in [2.45, 2.75) is 29.6 Å². The Balaban J connectivity index is 2.30. The summed E-state index contributed by atoms with van der Waals surface area (Å²) in [7, 11) is -3.70. The Bertz CT molecular complexity index is 854. The van der Waals surface area contributed by atoms with Crippen molar-refractivity contribution in [3.63, 3.8) is 0 Å². The summed E-state index contributed by atoms with van der Waals surface area (Å²) in [4.78, 5) is 12.6. The number of anilines is 1. The van der Waals surface area contributed by atoms with Gasteiger partial charge in [0.2, 0.25) is 9.84 Å². The molecule has 3 rings (SSSR count).